The molecule has 0 radical (unpaired) electrons. The molecular formula is C41H46N12O15S4. The average Bonchev–Trinajstić information content (AvgIpc) is 3.30. The molecule has 0 aliphatic rings. The Bertz CT molecular complexity index is 3190. The molecule has 2 heterocycles. The molecule has 11 N–H and O–H groups in total. The summed E-state index contributed by atoms with van der Waals surface area (Å²) in [7, 11) is -18.2. The van der Waals surface area contributed by atoms with Gasteiger partial charge in [0.05, 0.1) is 41.1 Å². The number of aliphatic hydroxyl groups is 4. The van der Waals surface area contributed by atoms with E-state index in [0.29, 0.717) is 0 Å². The SMILES string of the molecule is CS(=O)(=O)c1cc(Nc2nc(Nc3cccc(S(=O)(=O)O)c3)nc(N(CCO)CCO)n2)ccc1C=Cc1ccc(Nc2nc(Nc3cccc(S(=O)(=O)O)c3)nc(N(CCO)CCO)n2)cc1S(=O)(=O)O. The van der Waals surface area contributed by atoms with Crippen molar-refractivity contribution in [1.29, 1.82) is 0 Å². The predicted molar refractivity (Wildman–Crippen MR) is 263 cm³/mol. The number of hydrogen-bond acceptors (Lipinski definition) is 24. The van der Waals surface area contributed by atoms with Crippen LogP contribution in [0.3, 0.4) is 0 Å². The molecule has 0 fully saturated rings. The number of anilines is 10. The highest BCUT2D eigenvalue weighted by atomic mass is 32.2. The minimum atomic E-state index is -4.99. The second-order valence-electron chi connectivity index (χ2n) is 15.0. The van der Waals surface area contributed by atoms with E-state index in [1.54, 1.807) is 0 Å². The first-order valence-corrected chi connectivity index (χ1v) is 27.0. The maximum Gasteiger partial charge on any atom is 0.295 e. The Balaban J connectivity index is 1.33. The standard InChI is InChI=1S/C41H46N12O15S4/c1-69(58,59)34-24-30(44-38-46-36(48-40(50-38)52(14-18-54)15-19-55)42-28-4-2-6-32(22-28)70(60,61)62)12-10-26(34)8-9-27-11-13-31(25-35(27)72(66,67)68)45-39-47-37(49-41(51-39)53(16-20-56)17-21-57)43-29-5-3-7-33(23-29)71(63,64)65/h2-13,22-25,54-57H,14-21H2,1H3,(H,60,61,62)(H,63,64,65)(H,66,67,68)(H2,42,44,46,48,50)(H2,43,45,47,49,51). The van der Waals surface area contributed by atoms with Gasteiger partial charge in [0.15, 0.2) is 9.84 Å². The normalized spacial score (nSPS) is 12.2. The fourth-order valence-electron chi connectivity index (χ4n) is 6.55. The molecule has 384 valence electrons. The fourth-order valence-corrected chi connectivity index (χ4v) is 9.22. The Hall–Kier alpha value is -7.04. The molecule has 0 amide bonds. The number of nitrogens with zero attached hydrogens (tertiary/aromatic N) is 8. The molecule has 27 nitrogen and oxygen atoms in total. The van der Waals surface area contributed by atoms with Crippen LogP contribution in [0.5, 0.6) is 0 Å². The molecule has 6 aromatic rings. The zero-order valence-corrected chi connectivity index (χ0v) is 40.8. The van der Waals surface area contributed by atoms with Gasteiger partial charge in [-0.1, -0.05) is 36.4 Å². The summed E-state index contributed by atoms with van der Waals surface area (Å²) < 4.78 is 129. The molecule has 6 rings (SSSR count). The minimum absolute atomic E-state index is 0.00155. The molecular weight excluding hydrogens is 1030 g/mol. The summed E-state index contributed by atoms with van der Waals surface area (Å²) in [6.45, 7) is -1.65. The highest BCUT2D eigenvalue weighted by molar-refractivity contribution is 7.90. The maximum absolute atomic E-state index is 13.2. The molecule has 0 aliphatic carbocycles. The first kappa shape index (κ1) is 54.3. The summed E-state index contributed by atoms with van der Waals surface area (Å²) in [6.07, 6.45) is 3.45. The summed E-state index contributed by atoms with van der Waals surface area (Å²) >= 11 is 0. The number of sulfone groups is 1. The van der Waals surface area contributed by atoms with Crippen LogP contribution >= 0.6 is 0 Å². The quantitative estimate of drug-likeness (QED) is 0.0305. The molecule has 0 unspecified atom stereocenters. The summed E-state index contributed by atoms with van der Waals surface area (Å²) in [4.78, 5) is 26.9. The second kappa shape index (κ2) is 23.0. The topological polar surface area (TPSA) is 410 Å². The molecule has 0 aliphatic heterocycles. The lowest BCUT2D eigenvalue weighted by molar-refractivity contribution is 0.279. The molecule has 0 atom stereocenters. The lowest BCUT2D eigenvalue weighted by Gasteiger charge is -2.21. The Morgan fingerprint density at radius 3 is 1.10 bits per heavy atom. The van der Waals surface area contributed by atoms with Crippen molar-refractivity contribution < 1.29 is 67.8 Å². The summed E-state index contributed by atoms with van der Waals surface area (Å²) in [5, 5.41) is 50.0. The number of hydrogen-bond donors (Lipinski definition) is 11. The van der Waals surface area contributed by atoms with E-state index < -0.39 is 54.9 Å². The van der Waals surface area contributed by atoms with Gasteiger partial charge in [0.2, 0.25) is 35.7 Å². The lowest BCUT2D eigenvalue weighted by Crippen LogP contribution is -2.31. The van der Waals surface area contributed by atoms with Crippen molar-refractivity contribution in [2.24, 2.45) is 0 Å². The van der Waals surface area contributed by atoms with Crippen LogP contribution in [0, 0.1) is 0 Å². The Kier molecular flexibility index (Phi) is 17.4. The van der Waals surface area contributed by atoms with Gasteiger partial charge in [-0.05, 0) is 71.8 Å². The van der Waals surface area contributed by atoms with Crippen molar-refractivity contribution >= 4 is 111 Å². The van der Waals surface area contributed by atoms with Gasteiger partial charge in [-0.15, -0.1) is 0 Å². The second-order valence-corrected chi connectivity index (χ2v) is 21.2. The number of aromatic nitrogens is 6. The zero-order valence-electron chi connectivity index (χ0n) is 37.5. The Morgan fingerprint density at radius 2 is 0.778 bits per heavy atom. The van der Waals surface area contributed by atoms with Crippen LogP contribution in [-0.2, 0) is 40.2 Å². The van der Waals surface area contributed by atoms with E-state index in [2.05, 4.69) is 51.2 Å². The highest BCUT2D eigenvalue weighted by Crippen LogP contribution is 2.30. The summed E-state index contributed by atoms with van der Waals surface area (Å²) in [5.74, 6) is -0.928. The first-order chi connectivity index (χ1) is 34.0. The molecule has 31 heteroatoms. The average molecular weight is 1080 g/mol. The Morgan fingerprint density at radius 1 is 0.444 bits per heavy atom. The zero-order chi connectivity index (χ0) is 52.4. The third-order valence-corrected chi connectivity index (χ3v) is 13.5. The van der Waals surface area contributed by atoms with Crippen LogP contribution in [0.2, 0.25) is 0 Å². The minimum Gasteiger partial charge on any atom is -0.395 e. The van der Waals surface area contributed by atoms with Crippen molar-refractivity contribution in [3.8, 4) is 0 Å². The molecule has 0 saturated carbocycles. The monoisotopic (exact) mass is 1070 g/mol. The third kappa shape index (κ3) is 14.8. The first-order valence-electron chi connectivity index (χ1n) is 20.8. The van der Waals surface area contributed by atoms with Crippen LogP contribution in [0.4, 0.5) is 58.4 Å². The van der Waals surface area contributed by atoms with Gasteiger partial charge in [0.1, 0.15) is 4.90 Å². The van der Waals surface area contributed by atoms with E-state index in [1.807, 2.05) is 0 Å². The number of nitrogens with one attached hydrogen (secondary N) is 4. The van der Waals surface area contributed by atoms with Crippen molar-refractivity contribution in [2.75, 3.05) is 89.9 Å². The molecule has 0 saturated heterocycles. The van der Waals surface area contributed by atoms with E-state index in [4.69, 9.17) is 0 Å². The lowest BCUT2D eigenvalue weighted by atomic mass is 10.1. The smallest absolute Gasteiger partial charge is 0.295 e. The van der Waals surface area contributed by atoms with Crippen molar-refractivity contribution in [2.45, 2.75) is 19.6 Å². The fraction of sp³-hybridized carbons (Fsp3) is 0.220. The summed E-state index contributed by atoms with van der Waals surface area (Å²) in [6, 6.07) is 17.8. The molecule has 72 heavy (non-hydrogen) atoms. The Labute approximate surface area is 412 Å². The van der Waals surface area contributed by atoms with Crippen molar-refractivity contribution in [3.63, 3.8) is 0 Å². The number of rotatable bonds is 24. The van der Waals surface area contributed by atoms with Gasteiger partial charge >= 0.3 is 0 Å². The third-order valence-electron chi connectivity index (χ3n) is 9.73. The number of benzene rings is 4. The largest absolute Gasteiger partial charge is 0.395 e. The van der Waals surface area contributed by atoms with Crippen LogP contribution < -0.4 is 31.1 Å². The van der Waals surface area contributed by atoms with Crippen LogP contribution in [-0.4, -0.2) is 157 Å². The van der Waals surface area contributed by atoms with E-state index in [9.17, 15) is 67.8 Å². The van der Waals surface area contributed by atoms with E-state index in [-0.39, 0.29) is 127 Å². The van der Waals surface area contributed by atoms with Crippen LogP contribution in [0.15, 0.2) is 105 Å². The van der Waals surface area contributed by atoms with Crippen molar-refractivity contribution in [1.82, 2.24) is 29.9 Å². The summed E-state index contributed by atoms with van der Waals surface area (Å²) in [5.41, 5.74) is 0.336. The van der Waals surface area contributed by atoms with Gasteiger partial charge in [-0.25, -0.2) is 8.42 Å². The van der Waals surface area contributed by atoms with Gasteiger partial charge in [0, 0.05) is 55.2 Å². The van der Waals surface area contributed by atoms with E-state index in [1.165, 1.54) is 76.5 Å². The number of aliphatic hydroxyl groups excluding tert-OH is 4. The van der Waals surface area contributed by atoms with Gasteiger partial charge in [-0.2, -0.15) is 55.2 Å². The van der Waals surface area contributed by atoms with Crippen LogP contribution in [0.25, 0.3) is 12.2 Å². The molecule has 0 spiro atoms. The molecule has 2 aromatic heterocycles. The highest BCUT2D eigenvalue weighted by Gasteiger charge is 2.21. The van der Waals surface area contributed by atoms with E-state index >= 15 is 0 Å². The maximum atomic E-state index is 13.2. The van der Waals surface area contributed by atoms with Gasteiger partial charge in [-0.3, -0.25) is 13.7 Å². The van der Waals surface area contributed by atoms with E-state index in [0.717, 1.165) is 36.6 Å². The van der Waals surface area contributed by atoms with Crippen LogP contribution in [0.1, 0.15) is 11.1 Å². The predicted octanol–water partition coefficient (Wildman–Crippen LogP) is 1.93. The van der Waals surface area contributed by atoms with Gasteiger partial charge in [0.25, 0.3) is 30.4 Å². The molecule has 4 aromatic carbocycles. The molecule has 0 bridgehead atoms. The van der Waals surface area contributed by atoms with Crippen molar-refractivity contribution in [3.05, 3.63) is 96.1 Å². The van der Waals surface area contributed by atoms with Gasteiger partial charge < -0.3 is 51.5 Å².